The molecule has 3 aliphatic heterocycles. The van der Waals surface area contributed by atoms with Crippen molar-refractivity contribution in [2.45, 2.75) is 177 Å². The Kier molecular flexibility index (Phi) is 24.7. The van der Waals surface area contributed by atoms with Crippen LogP contribution in [0.5, 0.6) is 0 Å². The number of nitrogen functional groups attached to an aromatic ring is 3. The van der Waals surface area contributed by atoms with Gasteiger partial charge in [-0.2, -0.15) is 15.0 Å². The van der Waals surface area contributed by atoms with Crippen LogP contribution in [0.4, 0.5) is 87.2 Å². The molecule has 0 saturated carbocycles. The van der Waals surface area contributed by atoms with Gasteiger partial charge in [-0.15, -0.1) is 0 Å². The predicted molar refractivity (Wildman–Crippen MR) is 441 cm³/mol. The zero-order chi connectivity index (χ0) is 87.1. The van der Waals surface area contributed by atoms with E-state index in [2.05, 4.69) is 44.9 Å². The molecular weight excluding hydrogens is 1640 g/mol. The smallest absolute Gasteiger partial charge is 0.355 e. The van der Waals surface area contributed by atoms with Crippen molar-refractivity contribution in [3.05, 3.63) is 205 Å². The third-order valence-electron chi connectivity index (χ3n) is 22.0. The van der Waals surface area contributed by atoms with Crippen molar-refractivity contribution < 1.29 is 52.7 Å². The average Bonchev–Trinajstić information content (AvgIpc) is 0.737. The SMILES string of the molecule is Cc1ccnc(C(C)C)c1-n1c(=O)nc(N2CCCC[C@@H]2C)c2cc(F)c(-c3c(F)c(N)c(F)c(F)c3Cl)nc21.Cc1ccnc(C(C)C)c1-n1c(=O)nc(N2CCCC[C@@H]2C)c2cc(F)c(-c3c(N)c(Cl)c(F)c(F)c3F)nc21.Cc1ccnc(C(C)C)c1-n1c(=O)nc(N2CCCC[C@@H]2C)c2cc(F)c(-c3c(N)c(F)c(F)c(Cl)c3F)nc21. The van der Waals surface area contributed by atoms with Gasteiger partial charge in [0.2, 0.25) is 0 Å². The van der Waals surface area contributed by atoms with Gasteiger partial charge in [-0.1, -0.05) is 76.3 Å². The van der Waals surface area contributed by atoms with Crippen LogP contribution in [0.1, 0.15) is 172 Å². The number of anilines is 6. The lowest BCUT2D eigenvalue weighted by atomic mass is 10.0. The summed E-state index contributed by atoms with van der Waals surface area (Å²) in [5.74, 6) is -17.9. The van der Waals surface area contributed by atoms with Crippen LogP contribution in [0, 0.1) is 90.6 Å². The number of aryl methyl sites for hydroxylation is 3. The van der Waals surface area contributed by atoms with Crippen molar-refractivity contribution >= 4 is 102 Å². The van der Waals surface area contributed by atoms with Gasteiger partial charge in [0.05, 0.1) is 83.4 Å². The highest BCUT2D eigenvalue weighted by Gasteiger charge is 2.37. The molecule has 6 N–H and O–H groups in total. The van der Waals surface area contributed by atoms with E-state index in [-0.39, 0.29) is 86.4 Å². The number of rotatable bonds is 12. The largest absolute Gasteiger partial charge is 0.397 e. The molecule has 21 nitrogen and oxygen atoms in total. The highest BCUT2D eigenvalue weighted by atomic mass is 35.5. The summed E-state index contributed by atoms with van der Waals surface area (Å²) in [5.41, 5.74) is 11.8. The zero-order valence-electron chi connectivity index (χ0n) is 67.0. The predicted octanol–water partition coefficient (Wildman–Crippen LogP) is 19.3. The van der Waals surface area contributed by atoms with Crippen LogP contribution in [0.15, 0.2) is 69.4 Å². The van der Waals surface area contributed by atoms with Crippen LogP contribution in [0.2, 0.25) is 15.1 Å². The van der Waals surface area contributed by atoms with E-state index in [4.69, 9.17) is 52.0 Å². The molecule has 12 heterocycles. The molecule has 0 amide bonds. The molecule has 3 saturated heterocycles. The number of fused-ring (bicyclic) bond motifs is 3. The minimum absolute atomic E-state index is 0.00618. The zero-order valence-corrected chi connectivity index (χ0v) is 69.2. The van der Waals surface area contributed by atoms with Crippen molar-refractivity contribution in [3.63, 3.8) is 0 Å². The molecule has 3 atom stereocenters. The van der Waals surface area contributed by atoms with Gasteiger partial charge in [0.25, 0.3) is 0 Å². The number of nitrogens with two attached hydrogens (primary N) is 3. The van der Waals surface area contributed by atoms with Crippen molar-refractivity contribution in [1.82, 2.24) is 58.6 Å². The molecule has 0 spiro atoms. The fourth-order valence-electron chi connectivity index (χ4n) is 15.8. The van der Waals surface area contributed by atoms with Crippen molar-refractivity contribution in [1.29, 1.82) is 0 Å². The lowest BCUT2D eigenvalue weighted by Gasteiger charge is -2.35. The lowest BCUT2D eigenvalue weighted by molar-refractivity contribution is 0.449. The maximum atomic E-state index is 15.8. The first kappa shape index (κ1) is 86.7. The Bertz CT molecular complexity index is 5690. The van der Waals surface area contributed by atoms with Gasteiger partial charge in [-0.05, 0) is 170 Å². The van der Waals surface area contributed by atoms with Gasteiger partial charge >= 0.3 is 17.1 Å². The molecule has 0 unspecified atom stereocenters. The summed E-state index contributed by atoms with van der Waals surface area (Å²) < 4.78 is 182. The van der Waals surface area contributed by atoms with E-state index in [0.717, 1.165) is 76.0 Å². The molecule has 0 radical (unpaired) electrons. The number of halogens is 15. The van der Waals surface area contributed by atoms with Gasteiger partial charge < -0.3 is 31.9 Å². The Morgan fingerprint density at radius 2 is 0.675 bits per heavy atom. The van der Waals surface area contributed by atoms with Crippen LogP contribution in [-0.4, -0.2) is 96.3 Å². The molecule has 3 fully saturated rings. The second kappa shape index (κ2) is 34.1. The summed E-state index contributed by atoms with van der Waals surface area (Å²) >= 11 is 17.5. The summed E-state index contributed by atoms with van der Waals surface area (Å²) in [7, 11) is 0. The van der Waals surface area contributed by atoms with E-state index in [0.29, 0.717) is 70.5 Å². The highest BCUT2D eigenvalue weighted by Crippen LogP contribution is 2.46. The Morgan fingerprint density at radius 3 is 1.01 bits per heavy atom. The fourth-order valence-corrected chi connectivity index (χ4v) is 16.4. The van der Waals surface area contributed by atoms with Crippen LogP contribution in [0.3, 0.4) is 0 Å². The van der Waals surface area contributed by atoms with E-state index >= 15 is 26.3 Å². The molecule has 36 heteroatoms. The molecule has 3 aliphatic rings. The first-order chi connectivity index (χ1) is 56.8. The molecule has 0 aliphatic carbocycles. The van der Waals surface area contributed by atoms with E-state index in [1.54, 1.807) is 57.6 Å². The minimum Gasteiger partial charge on any atom is -0.397 e. The molecule has 15 rings (SSSR count). The van der Waals surface area contributed by atoms with E-state index in [1.165, 1.54) is 13.7 Å². The number of aromatic nitrogens is 12. The number of hydrogen-bond donors (Lipinski definition) is 3. The van der Waals surface area contributed by atoms with Crippen LogP contribution in [-0.2, 0) is 0 Å². The molecule has 0 bridgehead atoms. The molecule has 3 aromatic carbocycles. The summed E-state index contributed by atoms with van der Waals surface area (Å²) in [6, 6.07) is 8.32. The summed E-state index contributed by atoms with van der Waals surface area (Å²) in [6.45, 7) is 24.4. The van der Waals surface area contributed by atoms with Crippen LogP contribution >= 0.6 is 34.8 Å². The molecular formula is C84H81Cl3F12N18O3. The standard InChI is InChI=1S/3C28H27ClF4N6O/c1-12(2)23-25(13(3)8-9-35-23)39-27-15(26(37-28(39)40)38-10-6-5-7-14(38)4)11-16(30)24(36-27)17-19(31)21(33)20(32)18(29)22(17)34;1-12(2)23-25(13(3)8-9-35-23)39-27-15(26(37-28(39)40)38-10-6-5-7-14(38)4)11-16(30)24(36-27)17-19(31)18(29)20(32)21(33)22(17)34;1-12(2)23-25(13(3)8-9-35-23)39-27-15(26(37-28(39)40)38-10-6-5-7-14(38)4)11-16(30)24(36-27)17-18(29)20(32)21(33)22(34)19(17)31/h3*8-9,11-12,14H,5-7,10,34H2,1-4H3/t3*14-/m000/s1. The summed E-state index contributed by atoms with van der Waals surface area (Å²) in [5, 5.41) is -2.58. The minimum atomic E-state index is -1.92. The van der Waals surface area contributed by atoms with Crippen LogP contribution < -0.4 is 49.0 Å². The molecule has 120 heavy (non-hydrogen) atoms. The fraction of sp³-hybridized carbons (Fsp3) is 0.357. The second-order valence-electron chi connectivity index (χ2n) is 31.0. The van der Waals surface area contributed by atoms with E-state index in [9.17, 15) is 40.7 Å². The van der Waals surface area contributed by atoms with E-state index in [1.807, 2.05) is 77.0 Å². The topological polar surface area (TPSA) is 270 Å². The maximum Gasteiger partial charge on any atom is 0.355 e. The number of pyridine rings is 6. The quantitative estimate of drug-likeness (QED) is 0.0444. The van der Waals surface area contributed by atoms with Gasteiger partial charge in [0.15, 0.2) is 86.7 Å². The summed E-state index contributed by atoms with van der Waals surface area (Å²) in [4.78, 5) is 86.7. The van der Waals surface area contributed by atoms with Crippen molar-refractivity contribution in [3.8, 4) is 50.8 Å². The van der Waals surface area contributed by atoms with Crippen molar-refractivity contribution in [2.75, 3.05) is 51.5 Å². The Morgan fingerprint density at radius 1 is 0.367 bits per heavy atom. The Balaban J connectivity index is 0.000000156. The normalized spacial score (nSPS) is 15.8. The molecule has 9 aromatic heterocycles. The monoisotopic (exact) mass is 1720 g/mol. The van der Waals surface area contributed by atoms with E-state index < -0.39 is 153 Å². The number of nitrogens with zero attached hydrogens (tertiary/aromatic N) is 15. The van der Waals surface area contributed by atoms with Gasteiger partial charge in [0, 0.05) is 56.4 Å². The third-order valence-corrected chi connectivity index (χ3v) is 23.1. The third kappa shape index (κ3) is 15.3. The highest BCUT2D eigenvalue weighted by molar-refractivity contribution is 6.34. The van der Waals surface area contributed by atoms with Crippen LogP contribution in [0.25, 0.3) is 83.9 Å². The molecule has 630 valence electrons. The average molecular weight is 1730 g/mol. The number of hydrogen-bond acceptors (Lipinski definition) is 18. The second-order valence-corrected chi connectivity index (χ2v) is 32.2. The first-order valence-corrected chi connectivity index (χ1v) is 39.9. The van der Waals surface area contributed by atoms with Gasteiger partial charge in [-0.25, -0.2) is 95.7 Å². The number of benzene rings is 3. The summed E-state index contributed by atoms with van der Waals surface area (Å²) in [6.07, 6.45) is 12.9. The van der Waals surface area contributed by atoms with Crippen molar-refractivity contribution in [2.24, 2.45) is 0 Å². The first-order valence-electron chi connectivity index (χ1n) is 38.7. The molecule has 12 aromatic rings. The number of piperidine rings is 3. The lowest BCUT2D eigenvalue weighted by Crippen LogP contribution is -2.40. The van der Waals surface area contributed by atoms with Gasteiger partial charge in [-0.3, -0.25) is 15.0 Å². The van der Waals surface area contributed by atoms with Gasteiger partial charge in [0.1, 0.15) is 50.3 Å². The maximum absolute atomic E-state index is 15.8. The Labute approximate surface area is 694 Å². The Hall–Kier alpha value is -11.2.